The largest absolute Gasteiger partial charge is 0.326 e. The Labute approximate surface area is 139 Å². The number of fused-ring (bicyclic) bond motifs is 1. The van der Waals surface area contributed by atoms with Crippen LogP contribution in [0.4, 0.5) is 11.4 Å². The molecule has 0 unspecified atom stereocenters. The summed E-state index contributed by atoms with van der Waals surface area (Å²) in [6.07, 6.45) is 3.95. The first-order valence-electron chi connectivity index (χ1n) is 7.62. The molecule has 24 heavy (non-hydrogen) atoms. The number of aryl methyl sites for hydroxylation is 1. The zero-order valence-electron chi connectivity index (χ0n) is 13.5. The van der Waals surface area contributed by atoms with Crippen LogP contribution in [0.2, 0.25) is 0 Å². The van der Waals surface area contributed by atoms with Crippen molar-refractivity contribution >= 4 is 28.8 Å². The van der Waals surface area contributed by atoms with Gasteiger partial charge in [0.05, 0.1) is 12.1 Å². The Bertz CT molecular complexity index is 914. The van der Waals surface area contributed by atoms with Crippen LogP contribution in [0.25, 0.3) is 5.65 Å². The highest BCUT2D eigenvalue weighted by Crippen LogP contribution is 2.16. The molecule has 0 aliphatic carbocycles. The van der Waals surface area contributed by atoms with Crippen LogP contribution in [0.3, 0.4) is 0 Å². The highest BCUT2D eigenvalue weighted by atomic mass is 16.2. The summed E-state index contributed by atoms with van der Waals surface area (Å²) in [5, 5.41) is 5.51. The second kappa shape index (κ2) is 6.54. The van der Waals surface area contributed by atoms with Gasteiger partial charge in [0.1, 0.15) is 5.65 Å². The number of imidazole rings is 1. The monoisotopic (exact) mass is 322 g/mol. The second-order valence-corrected chi connectivity index (χ2v) is 5.64. The van der Waals surface area contributed by atoms with Crippen molar-refractivity contribution in [2.45, 2.75) is 20.3 Å². The molecule has 3 rings (SSSR count). The average Bonchev–Trinajstić information content (AvgIpc) is 2.90. The van der Waals surface area contributed by atoms with Crippen LogP contribution in [0.5, 0.6) is 0 Å². The molecule has 6 nitrogen and oxygen atoms in total. The Morgan fingerprint density at radius 1 is 1.12 bits per heavy atom. The first-order chi connectivity index (χ1) is 11.5. The molecule has 0 aliphatic rings. The molecule has 2 aromatic heterocycles. The van der Waals surface area contributed by atoms with Crippen molar-refractivity contribution in [1.82, 2.24) is 9.38 Å². The number of hydrogen-bond donors (Lipinski definition) is 2. The molecule has 0 atom stereocenters. The summed E-state index contributed by atoms with van der Waals surface area (Å²) in [5.74, 6) is -0.311. The molecule has 2 amide bonds. The molecule has 2 N–H and O–H groups in total. The predicted octanol–water partition coefficient (Wildman–Crippen LogP) is 2.78. The van der Waals surface area contributed by atoms with Gasteiger partial charge in [-0.2, -0.15) is 0 Å². The Hall–Kier alpha value is -3.15. The van der Waals surface area contributed by atoms with E-state index < -0.39 is 0 Å². The predicted molar refractivity (Wildman–Crippen MR) is 93.0 cm³/mol. The SMILES string of the molecule is CC(=O)Nc1cccc(NC(=O)Cc2cn3cccc(C)c3n2)c1. The van der Waals surface area contributed by atoms with Gasteiger partial charge in [0.25, 0.3) is 0 Å². The minimum absolute atomic E-state index is 0.154. The molecule has 0 aliphatic heterocycles. The second-order valence-electron chi connectivity index (χ2n) is 5.64. The van der Waals surface area contributed by atoms with E-state index in [4.69, 9.17) is 0 Å². The third-order valence-corrected chi connectivity index (χ3v) is 3.54. The van der Waals surface area contributed by atoms with Crippen molar-refractivity contribution in [3.05, 3.63) is 60.0 Å². The van der Waals surface area contributed by atoms with E-state index in [2.05, 4.69) is 15.6 Å². The van der Waals surface area contributed by atoms with E-state index >= 15 is 0 Å². The molecule has 2 heterocycles. The number of rotatable bonds is 4. The van der Waals surface area contributed by atoms with E-state index in [0.717, 1.165) is 11.2 Å². The standard InChI is InChI=1S/C18H18N4O2/c1-12-5-4-8-22-11-16(21-18(12)22)10-17(24)20-15-7-3-6-14(9-15)19-13(2)23/h3-9,11H,10H2,1-2H3,(H,19,23)(H,20,24). The number of carbonyl (C=O) groups is 2. The molecule has 0 spiro atoms. The zero-order chi connectivity index (χ0) is 17.1. The molecule has 3 aromatic rings. The van der Waals surface area contributed by atoms with Gasteiger partial charge < -0.3 is 15.0 Å². The van der Waals surface area contributed by atoms with E-state index in [-0.39, 0.29) is 18.2 Å². The topological polar surface area (TPSA) is 75.5 Å². The van der Waals surface area contributed by atoms with Crippen molar-refractivity contribution in [2.75, 3.05) is 10.6 Å². The van der Waals surface area contributed by atoms with Gasteiger partial charge in [-0.1, -0.05) is 12.1 Å². The van der Waals surface area contributed by atoms with Crippen LogP contribution in [-0.4, -0.2) is 21.2 Å². The van der Waals surface area contributed by atoms with Crippen LogP contribution in [0.1, 0.15) is 18.2 Å². The molecular formula is C18H18N4O2. The normalized spacial score (nSPS) is 10.6. The van der Waals surface area contributed by atoms with Crippen LogP contribution in [-0.2, 0) is 16.0 Å². The summed E-state index contributed by atoms with van der Waals surface area (Å²) in [6, 6.07) is 11.0. The number of pyridine rings is 1. The molecule has 0 saturated heterocycles. The molecule has 1 aromatic carbocycles. The van der Waals surface area contributed by atoms with Crippen molar-refractivity contribution in [1.29, 1.82) is 0 Å². The average molecular weight is 322 g/mol. The fraction of sp³-hybridized carbons (Fsp3) is 0.167. The minimum atomic E-state index is -0.156. The lowest BCUT2D eigenvalue weighted by Gasteiger charge is -2.07. The zero-order valence-corrected chi connectivity index (χ0v) is 13.5. The van der Waals surface area contributed by atoms with E-state index in [1.54, 1.807) is 24.3 Å². The summed E-state index contributed by atoms with van der Waals surface area (Å²) < 4.78 is 1.91. The van der Waals surface area contributed by atoms with Gasteiger partial charge in [-0.3, -0.25) is 9.59 Å². The fourth-order valence-electron chi connectivity index (χ4n) is 2.54. The summed E-state index contributed by atoms with van der Waals surface area (Å²) in [5.41, 5.74) is 3.90. The highest BCUT2D eigenvalue weighted by molar-refractivity contribution is 5.94. The van der Waals surface area contributed by atoms with Gasteiger partial charge in [-0.15, -0.1) is 0 Å². The summed E-state index contributed by atoms with van der Waals surface area (Å²) >= 11 is 0. The number of hydrogen-bond acceptors (Lipinski definition) is 3. The Morgan fingerprint density at radius 3 is 2.58 bits per heavy atom. The van der Waals surface area contributed by atoms with Gasteiger partial charge >= 0.3 is 0 Å². The Morgan fingerprint density at radius 2 is 1.88 bits per heavy atom. The van der Waals surface area contributed by atoms with E-state index in [1.165, 1.54) is 6.92 Å². The van der Waals surface area contributed by atoms with Crippen molar-refractivity contribution in [3.63, 3.8) is 0 Å². The molecule has 0 fully saturated rings. The van der Waals surface area contributed by atoms with E-state index in [0.29, 0.717) is 17.1 Å². The van der Waals surface area contributed by atoms with Crippen LogP contribution < -0.4 is 10.6 Å². The first kappa shape index (κ1) is 15.7. The van der Waals surface area contributed by atoms with Crippen LogP contribution in [0.15, 0.2) is 48.8 Å². The van der Waals surface area contributed by atoms with Crippen LogP contribution >= 0.6 is 0 Å². The molecule has 122 valence electrons. The molecule has 0 bridgehead atoms. The third kappa shape index (κ3) is 3.60. The Balaban J connectivity index is 1.70. The fourth-order valence-corrected chi connectivity index (χ4v) is 2.54. The number of benzene rings is 1. The third-order valence-electron chi connectivity index (χ3n) is 3.54. The smallest absolute Gasteiger partial charge is 0.230 e. The van der Waals surface area contributed by atoms with Crippen molar-refractivity contribution in [3.8, 4) is 0 Å². The van der Waals surface area contributed by atoms with Gasteiger partial charge in [-0.25, -0.2) is 4.98 Å². The lowest BCUT2D eigenvalue weighted by Crippen LogP contribution is -2.15. The van der Waals surface area contributed by atoms with Gasteiger partial charge in [0.2, 0.25) is 11.8 Å². The number of aromatic nitrogens is 2. The van der Waals surface area contributed by atoms with Gasteiger partial charge in [0.15, 0.2) is 0 Å². The van der Waals surface area contributed by atoms with Crippen molar-refractivity contribution in [2.24, 2.45) is 0 Å². The van der Waals surface area contributed by atoms with Crippen molar-refractivity contribution < 1.29 is 9.59 Å². The number of nitrogens with zero attached hydrogens (tertiary/aromatic N) is 2. The Kier molecular flexibility index (Phi) is 4.29. The number of anilines is 2. The number of carbonyl (C=O) groups excluding carboxylic acids is 2. The number of nitrogens with one attached hydrogen (secondary N) is 2. The quantitative estimate of drug-likeness (QED) is 0.775. The summed E-state index contributed by atoms with van der Waals surface area (Å²) in [4.78, 5) is 27.8. The van der Waals surface area contributed by atoms with Gasteiger partial charge in [-0.05, 0) is 36.8 Å². The highest BCUT2D eigenvalue weighted by Gasteiger charge is 2.09. The van der Waals surface area contributed by atoms with Crippen LogP contribution in [0, 0.1) is 6.92 Å². The van der Waals surface area contributed by atoms with E-state index in [1.807, 2.05) is 35.9 Å². The maximum Gasteiger partial charge on any atom is 0.230 e. The molecular weight excluding hydrogens is 304 g/mol. The molecule has 0 radical (unpaired) electrons. The summed E-state index contributed by atoms with van der Waals surface area (Å²) in [7, 11) is 0. The van der Waals surface area contributed by atoms with E-state index in [9.17, 15) is 9.59 Å². The minimum Gasteiger partial charge on any atom is -0.326 e. The lowest BCUT2D eigenvalue weighted by molar-refractivity contribution is -0.116. The maximum absolute atomic E-state index is 12.2. The van der Waals surface area contributed by atoms with Gasteiger partial charge in [0, 0.05) is 30.7 Å². The molecule has 0 saturated carbocycles. The maximum atomic E-state index is 12.2. The molecule has 6 heteroatoms. The lowest BCUT2D eigenvalue weighted by atomic mass is 10.2. The first-order valence-corrected chi connectivity index (χ1v) is 7.62. The summed E-state index contributed by atoms with van der Waals surface area (Å²) in [6.45, 7) is 3.43. The number of amides is 2.